The predicted octanol–water partition coefficient (Wildman–Crippen LogP) is 1.51. The number of sulfone groups is 1. The number of hydrogen-bond donors (Lipinski definition) is 1. The van der Waals surface area contributed by atoms with E-state index in [9.17, 15) is 8.42 Å². The van der Waals surface area contributed by atoms with Crippen molar-refractivity contribution in [1.82, 2.24) is 5.32 Å². The minimum atomic E-state index is -3.02. The van der Waals surface area contributed by atoms with E-state index in [-0.39, 0.29) is 17.8 Å². The van der Waals surface area contributed by atoms with Crippen molar-refractivity contribution in [2.45, 2.75) is 37.6 Å². The molecule has 0 saturated carbocycles. The van der Waals surface area contributed by atoms with Crippen molar-refractivity contribution < 1.29 is 12.8 Å². The maximum atomic E-state index is 12.0. The number of hydrogen-bond acceptors (Lipinski definition) is 4. The van der Waals surface area contributed by atoms with Gasteiger partial charge in [0.2, 0.25) is 0 Å². The van der Waals surface area contributed by atoms with E-state index in [0.717, 1.165) is 6.42 Å². The Hall–Kier alpha value is -0.810. The van der Waals surface area contributed by atoms with Gasteiger partial charge in [0.05, 0.1) is 23.3 Å². The monoisotopic (exact) mass is 243 g/mol. The van der Waals surface area contributed by atoms with Gasteiger partial charge in [-0.1, -0.05) is 6.92 Å². The lowest BCUT2D eigenvalue weighted by Gasteiger charge is -2.34. The lowest BCUT2D eigenvalue weighted by atomic mass is 10.1. The van der Waals surface area contributed by atoms with Gasteiger partial charge in [0, 0.05) is 6.04 Å². The van der Waals surface area contributed by atoms with Crippen LogP contribution in [0, 0.1) is 0 Å². The Morgan fingerprint density at radius 2 is 2.31 bits per heavy atom. The van der Waals surface area contributed by atoms with Crippen molar-refractivity contribution in [2.75, 3.05) is 5.75 Å². The van der Waals surface area contributed by atoms with Gasteiger partial charge in [-0.05, 0) is 25.5 Å². The molecule has 1 aromatic rings. The zero-order valence-corrected chi connectivity index (χ0v) is 10.3. The number of rotatable bonds is 2. The third-order valence-corrected chi connectivity index (χ3v) is 5.50. The highest BCUT2D eigenvalue weighted by atomic mass is 32.2. The molecule has 1 aliphatic rings. The summed E-state index contributed by atoms with van der Waals surface area (Å²) in [7, 11) is -3.02. The Labute approximate surface area is 95.9 Å². The highest BCUT2D eigenvalue weighted by Gasteiger charge is 2.39. The normalized spacial score (nSPS) is 33.8. The Morgan fingerprint density at radius 1 is 1.56 bits per heavy atom. The molecule has 0 aromatic carbocycles. The second-order valence-corrected chi connectivity index (χ2v) is 6.70. The minimum Gasteiger partial charge on any atom is -0.468 e. The van der Waals surface area contributed by atoms with Gasteiger partial charge in [-0.3, -0.25) is 0 Å². The summed E-state index contributed by atoms with van der Waals surface area (Å²) in [5, 5.41) is 2.91. The summed E-state index contributed by atoms with van der Waals surface area (Å²) in [6.07, 6.45) is 2.38. The molecular weight excluding hydrogens is 226 g/mol. The topological polar surface area (TPSA) is 59.3 Å². The quantitative estimate of drug-likeness (QED) is 0.855. The van der Waals surface area contributed by atoms with Gasteiger partial charge < -0.3 is 9.73 Å². The second-order valence-electron chi connectivity index (χ2n) is 4.30. The highest BCUT2D eigenvalue weighted by molar-refractivity contribution is 7.92. The van der Waals surface area contributed by atoms with Crippen LogP contribution in [0.1, 0.15) is 32.1 Å². The van der Waals surface area contributed by atoms with Crippen molar-refractivity contribution in [3.63, 3.8) is 0 Å². The van der Waals surface area contributed by atoms with Crippen LogP contribution >= 0.6 is 0 Å². The molecule has 1 aromatic heterocycles. The molecule has 3 atom stereocenters. The zero-order chi connectivity index (χ0) is 11.8. The van der Waals surface area contributed by atoms with E-state index in [0.29, 0.717) is 5.76 Å². The van der Waals surface area contributed by atoms with Crippen LogP contribution in [0.5, 0.6) is 0 Å². The Bertz CT molecular complexity index is 438. The van der Waals surface area contributed by atoms with E-state index >= 15 is 0 Å². The van der Waals surface area contributed by atoms with Crippen LogP contribution < -0.4 is 5.32 Å². The molecule has 1 N–H and O–H groups in total. The summed E-state index contributed by atoms with van der Waals surface area (Å²) in [4.78, 5) is 0. The van der Waals surface area contributed by atoms with Crippen molar-refractivity contribution >= 4 is 9.84 Å². The van der Waals surface area contributed by atoms with E-state index < -0.39 is 15.1 Å². The van der Waals surface area contributed by atoms with Gasteiger partial charge in [-0.15, -0.1) is 0 Å². The van der Waals surface area contributed by atoms with Gasteiger partial charge in [0.25, 0.3) is 0 Å². The SMILES string of the molecule is CCC1CS(=O)(=O)C(C)C(c2ccco2)N1. The van der Waals surface area contributed by atoms with Crippen LogP contribution in [0.3, 0.4) is 0 Å². The van der Waals surface area contributed by atoms with E-state index in [4.69, 9.17) is 4.42 Å². The first-order valence-electron chi connectivity index (χ1n) is 5.55. The van der Waals surface area contributed by atoms with Crippen molar-refractivity contribution in [1.29, 1.82) is 0 Å². The van der Waals surface area contributed by atoms with E-state index in [1.807, 2.05) is 13.0 Å². The summed E-state index contributed by atoms with van der Waals surface area (Å²) in [6.45, 7) is 3.73. The first kappa shape index (κ1) is 11.7. The molecule has 16 heavy (non-hydrogen) atoms. The van der Waals surface area contributed by atoms with Crippen LogP contribution in [-0.2, 0) is 9.84 Å². The molecule has 5 heteroatoms. The lowest BCUT2D eigenvalue weighted by Crippen LogP contribution is -2.51. The minimum absolute atomic E-state index is 0.0244. The van der Waals surface area contributed by atoms with Crippen molar-refractivity contribution in [3.8, 4) is 0 Å². The molecule has 1 aliphatic heterocycles. The van der Waals surface area contributed by atoms with E-state index in [1.165, 1.54) is 0 Å². The van der Waals surface area contributed by atoms with Gasteiger partial charge in [0.15, 0.2) is 9.84 Å². The first-order valence-corrected chi connectivity index (χ1v) is 7.27. The largest absolute Gasteiger partial charge is 0.468 e. The lowest BCUT2D eigenvalue weighted by molar-refractivity contribution is 0.350. The molecule has 3 unspecified atom stereocenters. The van der Waals surface area contributed by atoms with Gasteiger partial charge in [0.1, 0.15) is 5.76 Å². The molecule has 1 fully saturated rings. The molecule has 0 aliphatic carbocycles. The van der Waals surface area contributed by atoms with E-state index in [2.05, 4.69) is 5.32 Å². The molecule has 90 valence electrons. The maximum absolute atomic E-state index is 12.0. The van der Waals surface area contributed by atoms with Crippen LogP contribution in [0.4, 0.5) is 0 Å². The summed E-state index contributed by atoms with van der Waals surface area (Å²) in [5.41, 5.74) is 0. The molecule has 2 rings (SSSR count). The number of furan rings is 1. The second kappa shape index (κ2) is 4.22. The van der Waals surface area contributed by atoms with Gasteiger partial charge >= 0.3 is 0 Å². The Kier molecular flexibility index (Phi) is 3.08. The molecule has 0 spiro atoms. The van der Waals surface area contributed by atoms with E-state index in [1.54, 1.807) is 19.3 Å². The van der Waals surface area contributed by atoms with Crippen molar-refractivity contribution in [2.24, 2.45) is 0 Å². The maximum Gasteiger partial charge on any atom is 0.156 e. The fraction of sp³-hybridized carbons (Fsp3) is 0.636. The van der Waals surface area contributed by atoms with Crippen LogP contribution in [-0.4, -0.2) is 25.5 Å². The average Bonchev–Trinajstić information content (AvgIpc) is 2.75. The fourth-order valence-corrected chi connectivity index (χ4v) is 3.92. The number of nitrogens with one attached hydrogen (secondary N) is 1. The third kappa shape index (κ3) is 2.01. The first-order chi connectivity index (χ1) is 7.54. The summed E-state index contributed by atoms with van der Waals surface area (Å²) < 4.78 is 29.3. The molecular formula is C11H17NO3S. The van der Waals surface area contributed by atoms with Gasteiger partial charge in [-0.2, -0.15) is 0 Å². The molecule has 2 heterocycles. The Morgan fingerprint density at radius 3 is 2.88 bits per heavy atom. The average molecular weight is 243 g/mol. The molecule has 0 amide bonds. The van der Waals surface area contributed by atoms with Crippen LogP contribution in [0.15, 0.2) is 22.8 Å². The molecule has 0 bridgehead atoms. The third-order valence-electron chi connectivity index (χ3n) is 3.23. The van der Waals surface area contributed by atoms with Gasteiger partial charge in [-0.25, -0.2) is 8.42 Å². The fourth-order valence-electron chi connectivity index (χ4n) is 2.09. The molecule has 0 radical (unpaired) electrons. The summed E-state index contributed by atoms with van der Waals surface area (Å²) in [5.74, 6) is 0.927. The van der Waals surface area contributed by atoms with Crippen LogP contribution in [0.25, 0.3) is 0 Å². The van der Waals surface area contributed by atoms with Crippen LogP contribution in [0.2, 0.25) is 0 Å². The Balaban J connectivity index is 2.31. The smallest absolute Gasteiger partial charge is 0.156 e. The highest BCUT2D eigenvalue weighted by Crippen LogP contribution is 2.28. The predicted molar refractivity (Wildman–Crippen MR) is 61.9 cm³/mol. The molecule has 1 saturated heterocycles. The molecule has 4 nitrogen and oxygen atoms in total. The van der Waals surface area contributed by atoms with Crippen molar-refractivity contribution in [3.05, 3.63) is 24.2 Å². The summed E-state index contributed by atoms with van der Waals surface area (Å²) in [6, 6.07) is 3.41. The standard InChI is InChI=1S/C11H17NO3S/c1-3-9-7-16(13,14)8(2)11(12-9)10-5-4-6-15-10/h4-6,8-9,11-12H,3,7H2,1-2H3. The summed E-state index contributed by atoms with van der Waals surface area (Å²) >= 11 is 0. The zero-order valence-electron chi connectivity index (χ0n) is 9.51.